The molecule has 46 heavy (non-hydrogen) atoms. The number of nitrogens with zero attached hydrogens (tertiary/aromatic N) is 1. The third-order valence-electron chi connectivity index (χ3n) is 10.7. The van der Waals surface area contributed by atoms with Crippen molar-refractivity contribution in [1.82, 2.24) is 0 Å². The van der Waals surface area contributed by atoms with Crippen molar-refractivity contribution in [3.63, 3.8) is 0 Å². The summed E-state index contributed by atoms with van der Waals surface area (Å²) in [5.41, 5.74) is 13.2. The maximum absolute atomic E-state index is 2.50. The Morgan fingerprint density at radius 3 is 1.76 bits per heavy atom. The predicted octanol–water partition coefficient (Wildman–Crippen LogP) is 13.5. The summed E-state index contributed by atoms with van der Waals surface area (Å²) < 4.78 is 0. The summed E-state index contributed by atoms with van der Waals surface area (Å²) in [5.74, 6) is 0.669. The van der Waals surface area contributed by atoms with Crippen LogP contribution in [-0.2, 0) is 5.41 Å². The first-order chi connectivity index (χ1) is 22.6. The van der Waals surface area contributed by atoms with Crippen LogP contribution in [0.3, 0.4) is 0 Å². The molecule has 0 bridgehead atoms. The van der Waals surface area contributed by atoms with E-state index < -0.39 is 0 Å². The summed E-state index contributed by atoms with van der Waals surface area (Å²) in [5, 5.41) is 0. The molecule has 2 aliphatic rings. The molecule has 0 amide bonds. The molecule has 1 heteroatoms. The van der Waals surface area contributed by atoms with Gasteiger partial charge >= 0.3 is 0 Å². The van der Waals surface area contributed by atoms with Gasteiger partial charge in [0.2, 0.25) is 0 Å². The molecule has 0 saturated heterocycles. The summed E-state index contributed by atoms with van der Waals surface area (Å²) in [4.78, 5) is 2.43. The zero-order valence-electron chi connectivity index (χ0n) is 27.8. The van der Waals surface area contributed by atoms with Crippen molar-refractivity contribution in [2.24, 2.45) is 0 Å². The minimum atomic E-state index is -0.0416. The average Bonchev–Trinajstić information content (AvgIpc) is 3.32. The van der Waals surface area contributed by atoms with E-state index in [2.05, 4.69) is 140 Å². The van der Waals surface area contributed by atoms with Crippen LogP contribution in [0.1, 0.15) is 107 Å². The number of benzene rings is 5. The van der Waals surface area contributed by atoms with Crippen molar-refractivity contribution in [1.29, 1.82) is 0 Å². The van der Waals surface area contributed by atoms with Crippen LogP contribution in [0, 0.1) is 0 Å². The lowest BCUT2D eigenvalue weighted by Gasteiger charge is -2.28. The molecule has 0 aromatic heterocycles. The van der Waals surface area contributed by atoms with E-state index in [1.165, 1.54) is 127 Å². The summed E-state index contributed by atoms with van der Waals surface area (Å²) in [7, 11) is 0. The van der Waals surface area contributed by atoms with Crippen LogP contribution in [0.2, 0.25) is 0 Å². The van der Waals surface area contributed by atoms with E-state index >= 15 is 0 Å². The molecular formula is C45H49N. The Labute approximate surface area is 277 Å². The van der Waals surface area contributed by atoms with Crippen molar-refractivity contribution < 1.29 is 0 Å². The van der Waals surface area contributed by atoms with Crippen molar-refractivity contribution in [3.05, 3.63) is 138 Å². The van der Waals surface area contributed by atoms with Gasteiger partial charge in [0.15, 0.2) is 0 Å². The van der Waals surface area contributed by atoms with E-state index in [-0.39, 0.29) is 5.41 Å². The smallest absolute Gasteiger partial charge is 0.0467 e. The Morgan fingerprint density at radius 1 is 0.457 bits per heavy atom. The SMILES string of the molecule is CC1(C)c2ccccc2-c2ccc(N(c3ccccc3)c3cccc(-c4cccc(C5CCCCCCCCCCC5)c4)c3)cc21. The van der Waals surface area contributed by atoms with Crippen LogP contribution >= 0.6 is 0 Å². The zero-order valence-corrected chi connectivity index (χ0v) is 27.8. The van der Waals surface area contributed by atoms with E-state index in [1.54, 1.807) is 0 Å². The second-order valence-electron chi connectivity index (χ2n) is 14.2. The van der Waals surface area contributed by atoms with Gasteiger partial charge in [-0.3, -0.25) is 0 Å². The van der Waals surface area contributed by atoms with Crippen LogP contribution in [0.4, 0.5) is 17.1 Å². The third-order valence-corrected chi connectivity index (χ3v) is 10.7. The van der Waals surface area contributed by atoms with Gasteiger partial charge in [0.1, 0.15) is 0 Å². The standard InChI is InChI=1S/C45H49N/c1-45(2)43-28-16-15-27-41(43)42-30-29-40(33-44(42)45)46(38-24-13-10-14-25-38)39-26-18-23-37(32-39)36-22-17-21-35(31-36)34-19-11-8-6-4-3-5-7-9-12-20-34/h10,13-18,21-34H,3-9,11-12,19-20H2,1-2H3. The molecule has 7 rings (SSSR count). The van der Waals surface area contributed by atoms with Crippen molar-refractivity contribution in [3.8, 4) is 22.3 Å². The first-order valence-corrected chi connectivity index (χ1v) is 17.9. The van der Waals surface area contributed by atoms with Crippen molar-refractivity contribution >= 4 is 17.1 Å². The van der Waals surface area contributed by atoms with Gasteiger partial charge in [-0.25, -0.2) is 0 Å². The Morgan fingerprint density at radius 2 is 1.02 bits per heavy atom. The Balaban J connectivity index is 1.23. The molecule has 5 aromatic rings. The monoisotopic (exact) mass is 603 g/mol. The number of fused-ring (bicyclic) bond motifs is 3. The lowest BCUT2D eigenvalue weighted by atomic mass is 9.82. The maximum Gasteiger partial charge on any atom is 0.0467 e. The fourth-order valence-electron chi connectivity index (χ4n) is 8.15. The lowest BCUT2D eigenvalue weighted by Crippen LogP contribution is -2.16. The Hall–Kier alpha value is -4.10. The van der Waals surface area contributed by atoms with E-state index in [9.17, 15) is 0 Å². The third kappa shape index (κ3) is 6.30. The van der Waals surface area contributed by atoms with Gasteiger partial charge in [0, 0.05) is 22.5 Å². The van der Waals surface area contributed by atoms with Crippen LogP contribution in [0.5, 0.6) is 0 Å². The van der Waals surface area contributed by atoms with Gasteiger partial charge in [-0.1, -0.05) is 157 Å². The van der Waals surface area contributed by atoms with E-state index in [0.717, 1.165) is 0 Å². The summed E-state index contributed by atoms with van der Waals surface area (Å²) in [6.07, 6.45) is 15.2. The van der Waals surface area contributed by atoms with E-state index in [0.29, 0.717) is 5.92 Å². The molecule has 0 N–H and O–H groups in total. The van der Waals surface area contributed by atoms with Gasteiger partial charge < -0.3 is 4.90 Å². The predicted molar refractivity (Wildman–Crippen MR) is 198 cm³/mol. The number of rotatable bonds is 5. The van der Waals surface area contributed by atoms with E-state index in [1.807, 2.05) is 0 Å². The zero-order chi connectivity index (χ0) is 31.3. The molecule has 0 radical (unpaired) electrons. The molecule has 234 valence electrons. The fraction of sp³-hybridized carbons (Fsp3) is 0.333. The number of anilines is 3. The van der Waals surface area contributed by atoms with Gasteiger partial charge in [-0.2, -0.15) is 0 Å². The highest BCUT2D eigenvalue weighted by atomic mass is 15.1. The molecule has 5 aromatic carbocycles. The molecule has 0 atom stereocenters. The van der Waals surface area contributed by atoms with Gasteiger partial charge in [-0.15, -0.1) is 0 Å². The highest BCUT2D eigenvalue weighted by Gasteiger charge is 2.35. The average molecular weight is 604 g/mol. The second-order valence-corrected chi connectivity index (χ2v) is 14.2. The van der Waals surface area contributed by atoms with Crippen LogP contribution in [0.25, 0.3) is 22.3 Å². The number of hydrogen-bond acceptors (Lipinski definition) is 1. The number of hydrogen-bond donors (Lipinski definition) is 0. The first kappa shape index (κ1) is 30.5. The maximum atomic E-state index is 2.50. The van der Waals surface area contributed by atoms with Gasteiger partial charge in [0.25, 0.3) is 0 Å². The quantitative estimate of drug-likeness (QED) is 0.193. The van der Waals surface area contributed by atoms with Gasteiger partial charge in [-0.05, 0) is 94.1 Å². The van der Waals surface area contributed by atoms with Crippen LogP contribution in [0.15, 0.2) is 121 Å². The van der Waals surface area contributed by atoms with Crippen LogP contribution in [-0.4, -0.2) is 0 Å². The normalized spacial score (nSPS) is 16.9. The largest absolute Gasteiger partial charge is 0.310 e. The summed E-state index contributed by atoms with van der Waals surface area (Å²) >= 11 is 0. The molecule has 1 saturated carbocycles. The topological polar surface area (TPSA) is 3.24 Å². The lowest BCUT2D eigenvalue weighted by molar-refractivity contribution is 0.467. The summed E-state index contributed by atoms with van der Waals surface area (Å²) in [6.45, 7) is 4.73. The fourth-order valence-corrected chi connectivity index (χ4v) is 8.15. The minimum Gasteiger partial charge on any atom is -0.310 e. The minimum absolute atomic E-state index is 0.0416. The van der Waals surface area contributed by atoms with Crippen LogP contribution < -0.4 is 4.90 Å². The molecule has 1 nitrogen and oxygen atoms in total. The van der Waals surface area contributed by atoms with E-state index in [4.69, 9.17) is 0 Å². The number of para-hydroxylation sites is 1. The molecule has 0 aliphatic heterocycles. The highest BCUT2D eigenvalue weighted by Crippen LogP contribution is 2.50. The molecule has 0 spiro atoms. The first-order valence-electron chi connectivity index (χ1n) is 17.9. The molecule has 0 heterocycles. The summed E-state index contributed by atoms with van der Waals surface area (Å²) in [6, 6.07) is 45.5. The second kappa shape index (κ2) is 13.7. The van der Waals surface area contributed by atoms with Gasteiger partial charge in [0.05, 0.1) is 0 Å². The highest BCUT2D eigenvalue weighted by molar-refractivity contribution is 5.86. The molecular weight excluding hydrogens is 555 g/mol. The van der Waals surface area contributed by atoms with Crippen molar-refractivity contribution in [2.45, 2.75) is 95.8 Å². The Bertz CT molecular complexity index is 1750. The molecule has 1 fully saturated rings. The Kier molecular flexibility index (Phi) is 9.11. The van der Waals surface area contributed by atoms with Crippen molar-refractivity contribution in [2.75, 3.05) is 4.90 Å². The molecule has 0 unspecified atom stereocenters. The molecule has 2 aliphatic carbocycles.